The van der Waals surface area contributed by atoms with Crippen LogP contribution in [0.5, 0.6) is 0 Å². The number of hydrogen-bond acceptors (Lipinski definition) is 4. The van der Waals surface area contributed by atoms with Gasteiger partial charge >= 0.3 is 5.97 Å². The first kappa shape index (κ1) is 21.0. The number of rotatable bonds is 3. The molecule has 1 aromatic carbocycles. The summed E-state index contributed by atoms with van der Waals surface area (Å²) >= 11 is 1.53. The van der Waals surface area contributed by atoms with E-state index in [0.717, 1.165) is 41.9 Å². The number of thiophene rings is 1. The standard InChI is InChI=1S/C22H21FN2O3S.ClH/c1-10-18(17-7-11-3-2-4-16(24)21(11)29-17)15(23)8-13-19(10)25(12-5-6-12)9-14(20(13)26)22(27)28;/h7-9,12,16H,2-6,24H2,1H3,(H,27,28);1H. The Kier molecular flexibility index (Phi) is 5.24. The second kappa shape index (κ2) is 7.48. The third-order valence-electron chi connectivity index (χ3n) is 6.07. The highest BCUT2D eigenvalue weighted by atomic mass is 35.5. The van der Waals surface area contributed by atoms with Crippen LogP contribution in [-0.2, 0) is 6.42 Å². The van der Waals surface area contributed by atoms with Crippen molar-refractivity contribution in [3.05, 3.63) is 55.9 Å². The number of nitrogens with zero attached hydrogens (tertiary/aromatic N) is 1. The van der Waals surface area contributed by atoms with E-state index >= 15 is 4.39 Å². The third-order valence-corrected chi connectivity index (χ3v) is 7.39. The number of nitrogens with two attached hydrogens (primary N) is 1. The molecule has 158 valence electrons. The molecule has 2 aromatic heterocycles. The van der Waals surface area contributed by atoms with Crippen molar-refractivity contribution >= 4 is 40.6 Å². The Labute approximate surface area is 182 Å². The number of hydrogen-bond donors (Lipinski definition) is 2. The zero-order valence-corrected chi connectivity index (χ0v) is 18.0. The maximum atomic E-state index is 15.3. The van der Waals surface area contributed by atoms with E-state index in [2.05, 4.69) is 0 Å². The van der Waals surface area contributed by atoms with Crippen LogP contribution in [0.4, 0.5) is 4.39 Å². The highest BCUT2D eigenvalue weighted by Gasteiger charge is 2.30. The van der Waals surface area contributed by atoms with Crippen LogP contribution in [0.25, 0.3) is 21.3 Å². The van der Waals surface area contributed by atoms with Crippen LogP contribution < -0.4 is 11.2 Å². The number of benzene rings is 1. The maximum Gasteiger partial charge on any atom is 0.341 e. The molecule has 5 nitrogen and oxygen atoms in total. The number of pyridine rings is 1. The molecule has 1 saturated carbocycles. The minimum Gasteiger partial charge on any atom is -0.477 e. The van der Waals surface area contributed by atoms with Gasteiger partial charge in [-0.2, -0.15) is 0 Å². The van der Waals surface area contributed by atoms with Crippen molar-refractivity contribution in [1.82, 2.24) is 4.57 Å². The van der Waals surface area contributed by atoms with E-state index in [9.17, 15) is 14.7 Å². The fourth-order valence-electron chi connectivity index (χ4n) is 4.49. The zero-order chi connectivity index (χ0) is 20.4. The van der Waals surface area contributed by atoms with Crippen LogP contribution >= 0.6 is 23.7 Å². The molecule has 2 aliphatic rings. The molecule has 8 heteroatoms. The quantitative estimate of drug-likeness (QED) is 0.592. The molecule has 2 heterocycles. The summed E-state index contributed by atoms with van der Waals surface area (Å²) in [7, 11) is 0. The first-order chi connectivity index (χ1) is 13.9. The monoisotopic (exact) mass is 448 g/mol. The predicted molar refractivity (Wildman–Crippen MR) is 119 cm³/mol. The molecule has 3 aromatic rings. The van der Waals surface area contributed by atoms with E-state index in [1.165, 1.54) is 29.2 Å². The van der Waals surface area contributed by atoms with Gasteiger partial charge in [-0.1, -0.05) is 0 Å². The molecule has 30 heavy (non-hydrogen) atoms. The predicted octanol–water partition coefficient (Wildman–Crippen LogP) is 4.97. The van der Waals surface area contributed by atoms with Gasteiger partial charge in [0.15, 0.2) is 0 Å². The average Bonchev–Trinajstić information content (AvgIpc) is 3.42. The van der Waals surface area contributed by atoms with E-state index < -0.39 is 17.2 Å². The molecule has 0 amide bonds. The minimum absolute atomic E-state index is 0. The molecular weight excluding hydrogens is 427 g/mol. The Balaban J connectivity index is 0.00000218. The number of carbonyl (C=O) groups is 1. The normalized spacial score (nSPS) is 18.2. The summed E-state index contributed by atoms with van der Waals surface area (Å²) in [5.41, 5.74) is 8.29. The van der Waals surface area contributed by atoms with Crippen LogP contribution in [0.3, 0.4) is 0 Å². The number of carboxylic acid groups (broad SMARTS) is 1. The van der Waals surface area contributed by atoms with E-state index in [4.69, 9.17) is 5.73 Å². The van der Waals surface area contributed by atoms with Gasteiger partial charge in [-0.3, -0.25) is 4.79 Å². The van der Waals surface area contributed by atoms with Crippen molar-refractivity contribution in [3.8, 4) is 10.4 Å². The Hall–Kier alpha value is -2.22. The Bertz CT molecular complexity index is 1250. The van der Waals surface area contributed by atoms with E-state index in [1.807, 2.05) is 17.6 Å². The van der Waals surface area contributed by atoms with Crippen LogP contribution in [0.1, 0.15) is 64.1 Å². The topological polar surface area (TPSA) is 85.3 Å². The van der Waals surface area contributed by atoms with Crippen molar-refractivity contribution in [2.75, 3.05) is 0 Å². The van der Waals surface area contributed by atoms with Gasteiger partial charge < -0.3 is 15.4 Å². The number of aromatic nitrogens is 1. The van der Waals surface area contributed by atoms with Gasteiger partial charge in [0, 0.05) is 39.0 Å². The second-order valence-corrected chi connectivity index (χ2v) is 9.15. The SMILES string of the molecule is Cc1c(-c2cc3c(s2)C(N)CCC3)c(F)cc2c(=O)c(C(=O)O)cn(C3CC3)c12.Cl. The van der Waals surface area contributed by atoms with Gasteiger partial charge in [0.25, 0.3) is 0 Å². The lowest BCUT2D eigenvalue weighted by molar-refractivity contribution is 0.0695. The third kappa shape index (κ3) is 3.16. The lowest BCUT2D eigenvalue weighted by atomic mass is 9.94. The number of aryl methyl sites for hydroxylation is 2. The van der Waals surface area contributed by atoms with Gasteiger partial charge in [0.2, 0.25) is 5.43 Å². The molecule has 1 atom stereocenters. The molecule has 5 rings (SSSR count). The number of carboxylic acids is 1. The fourth-order valence-corrected chi connectivity index (χ4v) is 5.85. The Morgan fingerprint density at radius 2 is 2.03 bits per heavy atom. The molecule has 0 saturated heterocycles. The summed E-state index contributed by atoms with van der Waals surface area (Å²) in [6.07, 6.45) is 6.18. The summed E-state index contributed by atoms with van der Waals surface area (Å²) in [5, 5.41) is 9.56. The Morgan fingerprint density at radius 3 is 2.67 bits per heavy atom. The van der Waals surface area contributed by atoms with E-state index in [1.54, 1.807) is 0 Å². The van der Waals surface area contributed by atoms with Crippen LogP contribution in [-0.4, -0.2) is 15.6 Å². The van der Waals surface area contributed by atoms with Crippen molar-refractivity contribution in [1.29, 1.82) is 0 Å². The summed E-state index contributed by atoms with van der Waals surface area (Å²) in [4.78, 5) is 26.2. The van der Waals surface area contributed by atoms with Crippen LogP contribution in [0.15, 0.2) is 23.1 Å². The first-order valence-corrected chi connectivity index (χ1v) is 10.7. The van der Waals surface area contributed by atoms with E-state index in [-0.39, 0.29) is 35.4 Å². The Morgan fingerprint density at radius 1 is 1.30 bits per heavy atom. The molecule has 0 radical (unpaired) electrons. The molecule has 0 aliphatic heterocycles. The highest BCUT2D eigenvalue weighted by Crippen LogP contribution is 2.44. The van der Waals surface area contributed by atoms with Crippen molar-refractivity contribution in [2.45, 2.75) is 51.1 Å². The maximum absolute atomic E-state index is 15.3. The fraction of sp³-hybridized carbons (Fsp3) is 0.364. The number of aromatic carboxylic acids is 1. The summed E-state index contributed by atoms with van der Waals surface area (Å²) in [6.45, 7) is 1.82. The van der Waals surface area contributed by atoms with Gasteiger partial charge in [-0.25, -0.2) is 9.18 Å². The van der Waals surface area contributed by atoms with E-state index in [0.29, 0.717) is 16.6 Å². The smallest absolute Gasteiger partial charge is 0.341 e. The summed E-state index contributed by atoms with van der Waals surface area (Å²) in [6, 6.07) is 3.38. The number of halogens is 2. The molecule has 1 fully saturated rings. The van der Waals surface area contributed by atoms with Gasteiger partial charge in [0.1, 0.15) is 11.4 Å². The molecule has 0 bridgehead atoms. The first-order valence-electron chi connectivity index (χ1n) is 9.86. The number of fused-ring (bicyclic) bond motifs is 2. The van der Waals surface area contributed by atoms with Crippen LogP contribution in [0, 0.1) is 12.7 Å². The second-order valence-electron chi connectivity index (χ2n) is 8.07. The zero-order valence-electron chi connectivity index (χ0n) is 16.4. The largest absolute Gasteiger partial charge is 0.477 e. The summed E-state index contributed by atoms with van der Waals surface area (Å²) in [5.74, 6) is -1.78. The molecular formula is C22H22ClFN2O3S. The molecule has 3 N–H and O–H groups in total. The van der Waals surface area contributed by atoms with Crippen molar-refractivity contribution < 1.29 is 14.3 Å². The van der Waals surface area contributed by atoms with Gasteiger partial charge in [-0.15, -0.1) is 23.7 Å². The minimum atomic E-state index is -1.28. The molecule has 1 unspecified atom stereocenters. The highest BCUT2D eigenvalue weighted by molar-refractivity contribution is 7.15. The van der Waals surface area contributed by atoms with Gasteiger partial charge in [0.05, 0.1) is 5.52 Å². The molecule has 2 aliphatic carbocycles. The van der Waals surface area contributed by atoms with Crippen molar-refractivity contribution in [3.63, 3.8) is 0 Å². The lowest BCUT2D eigenvalue weighted by Crippen LogP contribution is -2.19. The lowest BCUT2D eigenvalue weighted by Gasteiger charge is -2.17. The summed E-state index contributed by atoms with van der Waals surface area (Å²) < 4.78 is 17.1. The average molecular weight is 449 g/mol. The van der Waals surface area contributed by atoms with Gasteiger partial charge in [-0.05, 0) is 62.3 Å². The van der Waals surface area contributed by atoms with Crippen LogP contribution in [0.2, 0.25) is 0 Å². The molecule has 0 spiro atoms. The van der Waals surface area contributed by atoms with Crippen molar-refractivity contribution in [2.24, 2.45) is 5.73 Å².